The highest BCUT2D eigenvalue weighted by molar-refractivity contribution is 5.88. The lowest BCUT2D eigenvalue weighted by molar-refractivity contribution is 0.0518. The number of hydrogen-bond acceptors (Lipinski definition) is 5. The van der Waals surface area contributed by atoms with Crippen molar-refractivity contribution >= 4 is 5.97 Å². The third-order valence-electron chi connectivity index (χ3n) is 4.03. The van der Waals surface area contributed by atoms with Crippen LogP contribution in [0.3, 0.4) is 0 Å². The molecule has 1 aliphatic carbocycles. The maximum absolute atomic E-state index is 11.9. The van der Waals surface area contributed by atoms with Crippen molar-refractivity contribution < 1.29 is 9.53 Å². The van der Waals surface area contributed by atoms with E-state index in [4.69, 9.17) is 4.74 Å². The van der Waals surface area contributed by atoms with E-state index in [2.05, 4.69) is 15.2 Å². The zero-order chi connectivity index (χ0) is 13.9. The molecule has 1 aromatic heterocycles. The average Bonchev–Trinajstić information content (AvgIpc) is 3.00. The number of hydrogen-bond donors (Lipinski definition) is 0. The van der Waals surface area contributed by atoms with E-state index >= 15 is 0 Å². The Bertz CT molecular complexity index is 476. The van der Waals surface area contributed by atoms with Crippen molar-refractivity contribution in [2.75, 3.05) is 26.2 Å². The van der Waals surface area contributed by atoms with Gasteiger partial charge < -0.3 is 9.64 Å². The first kappa shape index (κ1) is 13.5. The Hall–Kier alpha value is -1.43. The summed E-state index contributed by atoms with van der Waals surface area (Å²) in [6.07, 6.45) is 4.84. The van der Waals surface area contributed by atoms with Crippen molar-refractivity contribution in [1.29, 1.82) is 0 Å². The standard InChI is InChI=1S/C14H22N4O2/c1-2-20-14(19)12-13(11-5-6-11)18(16-15-12)10-9-17-7-3-4-8-17/h11H,2-10H2,1H3. The first-order valence-corrected chi connectivity index (χ1v) is 7.62. The number of nitrogens with zero attached hydrogens (tertiary/aromatic N) is 4. The van der Waals surface area contributed by atoms with Gasteiger partial charge in [-0.15, -0.1) is 5.10 Å². The van der Waals surface area contributed by atoms with Crippen molar-refractivity contribution in [2.24, 2.45) is 0 Å². The predicted octanol–water partition coefficient (Wildman–Crippen LogP) is 1.43. The van der Waals surface area contributed by atoms with Crippen molar-refractivity contribution in [2.45, 2.75) is 45.1 Å². The van der Waals surface area contributed by atoms with Crippen molar-refractivity contribution in [3.05, 3.63) is 11.4 Å². The molecular weight excluding hydrogens is 256 g/mol. The first-order chi connectivity index (χ1) is 9.79. The van der Waals surface area contributed by atoms with Crippen LogP contribution in [0, 0.1) is 0 Å². The molecule has 0 aromatic carbocycles. The monoisotopic (exact) mass is 278 g/mol. The molecule has 2 heterocycles. The van der Waals surface area contributed by atoms with Gasteiger partial charge in [-0.3, -0.25) is 0 Å². The predicted molar refractivity (Wildman–Crippen MR) is 73.6 cm³/mol. The van der Waals surface area contributed by atoms with Gasteiger partial charge in [0, 0.05) is 12.5 Å². The summed E-state index contributed by atoms with van der Waals surface area (Å²) in [6, 6.07) is 0. The van der Waals surface area contributed by atoms with Crippen LogP contribution in [0.5, 0.6) is 0 Å². The topological polar surface area (TPSA) is 60.2 Å². The molecule has 0 radical (unpaired) electrons. The van der Waals surface area contributed by atoms with Gasteiger partial charge in [-0.25, -0.2) is 9.48 Å². The number of likely N-dealkylation sites (tertiary alicyclic amines) is 1. The van der Waals surface area contributed by atoms with Gasteiger partial charge in [0.15, 0.2) is 5.69 Å². The molecule has 0 unspecified atom stereocenters. The van der Waals surface area contributed by atoms with Gasteiger partial charge in [-0.1, -0.05) is 5.21 Å². The van der Waals surface area contributed by atoms with E-state index in [1.165, 1.54) is 25.9 Å². The molecule has 0 N–H and O–H groups in total. The molecule has 2 fully saturated rings. The Labute approximate surface area is 119 Å². The number of carbonyl (C=O) groups excluding carboxylic acids is 1. The fourth-order valence-corrected chi connectivity index (χ4v) is 2.83. The van der Waals surface area contributed by atoms with Gasteiger partial charge >= 0.3 is 5.97 Å². The molecule has 0 atom stereocenters. The summed E-state index contributed by atoms with van der Waals surface area (Å²) in [5, 5.41) is 8.24. The molecule has 3 rings (SSSR count). The highest BCUT2D eigenvalue weighted by Crippen LogP contribution is 2.41. The van der Waals surface area contributed by atoms with Crippen molar-refractivity contribution in [3.63, 3.8) is 0 Å². The molecule has 0 bridgehead atoms. The van der Waals surface area contributed by atoms with Gasteiger partial charge in [0.05, 0.1) is 18.8 Å². The normalized spacial score (nSPS) is 19.4. The highest BCUT2D eigenvalue weighted by atomic mass is 16.5. The molecule has 6 nitrogen and oxygen atoms in total. The van der Waals surface area contributed by atoms with E-state index in [0.717, 1.165) is 31.6 Å². The smallest absolute Gasteiger partial charge is 0.360 e. The number of ether oxygens (including phenoxy) is 1. The van der Waals surface area contributed by atoms with Crippen LogP contribution in [-0.2, 0) is 11.3 Å². The number of aromatic nitrogens is 3. The summed E-state index contributed by atoms with van der Waals surface area (Å²) >= 11 is 0. The minimum absolute atomic E-state index is 0.332. The minimum Gasteiger partial charge on any atom is -0.461 e. The lowest BCUT2D eigenvalue weighted by atomic mass is 10.2. The Morgan fingerprint density at radius 2 is 2.05 bits per heavy atom. The van der Waals surface area contributed by atoms with Crippen LogP contribution in [0.15, 0.2) is 0 Å². The largest absolute Gasteiger partial charge is 0.461 e. The Balaban J connectivity index is 1.71. The van der Waals surface area contributed by atoms with E-state index in [-0.39, 0.29) is 5.97 Å². The van der Waals surface area contributed by atoms with Crippen LogP contribution in [0.1, 0.15) is 54.7 Å². The minimum atomic E-state index is -0.332. The molecule has 2 aliphatic rings. The summed E-state index contributed by atoms with van der Waals surface area (Å²) in [5.74, 6) is 0.116. The quantitative estimate of drug-likeness (QED) is 0.737. The van der Waals surface area contributed by atoms with Crippen LogP contribution in [-0.4, -0.2) is 52.1 Å². The van der Waals surface area contributed by atoms with Gasteiger partial charge in [0.2, 0.25) is 0 Å². The molecular formula is C14H22N4O2. The molecule has 0 amide bonds. The molecule has 20 heavy (non-hydrogen) atoms. The fourth-order valence-electron chi connectivity index (χ4n) is 2.83. The van der Waals surface area contributed by atoms with E-state index in [9.17, 15) is 4.79 Å². The van der Waals surface area contributed by atoms with Gasteiger partial charge in [0.1, 0.15) is 0 Å². The van der Waals surface area contributed by atoms with E-state index in [1.807, 2.05) is 11.6 Å². The first-order valence-electron chi connectivity index (χ1n) is 7.62. The van der Waals surface area contributed by atoms with Crippen molar-refractivity contribution in [3.8, 4) is 0 Å². The third kappa shape index (κ3) is 2.85. The molecule has 1 aromatic rings. The van der Waals surface area contributed by atoms with Crippen molar-refractivity contribution in [1.82, 2.24) is 19.9 Å². The van der Waals surface area contributed by atoms with E-state index in [0.29, 0.717) is 18.2 Å². The maximum Gasteiger partial charge on any atom is 0.360 e. The van der Waals surface area contributed by atoms with Gasteiger partial charge in [-0.05, 0) is 45.7 Å². The number of esters is 1. The molecule has 110 valence electrons. The summed E-state index contributed by atoms with van der Waals surface area (Å²) in [7, 11) is 0. The van der Waals surface area contributed by atoms with Gasteiger partial charge in [-0.2, -0.15) is 0 Å². The second-order valence-corrected chi connectivity index (χ2v) is 5.59. The zero-order valence-electron chi connectivity index (χ0n) is 12.0. The average molecular weight is 278 g/mol. The molecule has 6 heteroatoms. The lowest BCUT2D eigenvalue weighted by Crippen LogP contribution is -2.25. The molecule has 1 aliphatic heterocycles. The van der Waals surface area contributed by atoms with E-state index < -0.39 is 0 Å². The zero-order valence-corrected chi connectivity index (χ0v) is 12.0. The maximum atomic E-state index is 11.9. The third-order valence-corrected chi connectivity index (χ3v) is 4.03. The van der Waals surface area contributed by atoms with Crippen LogP contribution >= 0.6 is 0 Å². The lowest BCUT2D eigenvalue weighted by Gasteiger charge is -2.15. The Morgan fingerprint density at radius 3 is 2.70 bits per heavy atom. The highest BCUT2D eigenvalue weighted by Gasteiger charge is 2.34. The second-order valence-electron chi connectivity index (χ2n) is 5.59. The molecule has 1 saturated carbocycles. The fraction of sp³-hybridized carbons (Fsp3) is 0.786. The van der Waals surface area contributed by atoms with Crippen LogP contribution in [0.25, 0.3) is 0 Å². The summed E-state index contributed by atoms with van der Waals surface area (Å²) in [4.78, 5) is 14.4. The van der Waals surface area contributed by atoms with Crippen LogP contribution in [0.4, 0.5) is 0 Å². The van der Waals surface area contributed by atoms with Crippen LogP contribution in [0.2, 0.25) is 0 Å². The Kier molecular flexibility index (Phi) is 4.00. The SMILES string of the molecule is CCOC(=O)c1nnn(CCN2CCCC2)c1C1CC1. The summed E-state index contributed by atoms with van der Waals surface area (Å²) in [5.41, 5.74) is 1.42. The number of carbonyl (C=O) groups is 1. The summed E-state index contributed by atoms with van der Waals surface area (Å²) < 4.78 is 6.99. The second kappa shape index (κ2) is 5.91. The Morgan fingerprint density at radius 1 is 1.30 bits per heavy atom. The molecule has 0 spiro atoms. The summed E-state index contributed by atoms with van der Waals surface area (Å²) in [6.45, 7) is 6.36. The number of rotatable bonds is 6. The molecule has 1 saturated heterocycles. The van der Waals surface area contributed by atoms with E-state index in [1.54, 1.807) is 0 Å². The van der Waals surface area contributed by atoms with Gasteiger partial charge in [0.25, 0.3) is 0 Å². The van der Waals surface area contributed by atoms with Crippen LogP contribution < -0.4 is 0 Å².